The molecule has 0 unspecified atom stereocenters. The SMILES string of the molecule is CON(C)C(=O)Nc1ccc(Oc2ncccc2C(F)(F)F)cc1. The molecule has 1 heterocycles. The normalized spacial score (nSPS) is 11.0. The molecule has 0 atom stereocenters. The van der Waals surface area contributed by atoms with Crippen molar-refractivity contribution in [1.29, 1.82) is 0 Å². The minimum atomic E-state index is -4.57. The molecule has 0 saturated carbocycles. The van der Waals surface area contributed by atoms with Crippen molar-refractivity contribution in [1.82, 2.24) is 10.0 Å². The van der Waals surface area contributed by atoms with E-state index in [1.165, 1.54) is 50.7 Å². The summed E-state index contributed by atoms with van der Waals surface area (Å²) in [6.07, 6.45) is -3.36. The van der Waals surface area contributed by atoms with Gasteiger partial charge < -0.3 is 10.1 Å². The molecular formula is C15H14F3N3O3. The van der Waals surface area contributed by atoms with Crippen LogP contribution in [0.15, 0.2) is 42.6 Å². The smallest absolute Gasteiger partial charge is 0.421 e. The minimum Gasteiger partial charge on any atom is -0.438 e. The number of hydroxylamine groups is 2. The predicted octanol–water partition coefficient (Wildman–Crippen LogP) is 3.92. The second kappa shape index (κ2) is 7.18. The number of alkyl halides is 3. The number of carbonyl (C=O) groups is 1. The number of pyridine rings is 1. The molecule has 0 aliphatic heterocycles. The lowest BCUT2D eigenvalue weighted by Gasteiger charge is -2.15. The molecule has 2 amide bonds. The summed E-state index contributed by atoms with van der Waals surface area (Å²) < 4.78 is 43.8. The van der Waals surface area contributed by atoms with Crippen molar-refractivity contribution < 1.29 is 27.5 Å². The number of halogens is 3. The summed E-state index contributed by atoms with van der Waals surface area (Å²) in [5.74, 6) is -0.391. The number of urea groups is 1. The van der Waals surface area contributed by atoms with Gasteiger partial charge in [0.25, 0.3) is 0 Å². The summed E-state index contributed by atoms with van der Waals surface area (Å²) in [6.45, 7) is 0. The molecule has 6 nitrogen and oxygen atoms in total. The Morgan fingerprint density at radius 3 is 2.46 bits per heavy atom. The van der Waals surface area contributed by atoms with E-state index in [0.29, 0.717) is 5.69 Å². The van der Waals surface area contributed by atoms with Crippen LogP contribution in [0.1, 0.15) is 5.56 Å². The first-order chi connectivity index (χ1) is 11.3. The highest BCUT2D eigenvalue weighted by molar-refractivity contribution is 5.88. The number of amides is 2. The third kappa shape index (κ3) is 4.35. The number of benzene rings is 1. The van der Waals surface area contributed by atoms with Gasteiger partial charge in [0.2, 0.25) is 5.88 Å². The highest BCUT2D eigenvalue weighted by atomic mass is 19.4. The van der Waals surface area contributed by atoms with Gasteiger partial charge >= 0.3 is 12.2 Å². The number of anilines is 1. The van der Waals surface area contributed by atoms with Gasteiger partial charge in [0.1, 0.15) is 11.3 Å². The van der Waals surface area contributed by atoms with E-state index in [1.54, 1.807) is 0 Å². The molecule has 9 heteroatoms. The standard InChI is InChI=1S/C15H14F3N3O3/c1-21(23-2)14(22)20-10-5-7-11(8-6-10)24-13-12(15(16,17)18)4-3-9-19-13/h3-9H,1-2H3,(H,20,22). The van der Waals surface area contributed by atoms with Crippen LogP contribution in [0, 0.1) is 0 Å². The van der Waals surface area contributed by atoms with Gasteiger partial charge in [-0.05, 0) is 36.4 Å². The van der Waals surface area contributed by atoms with Gasteiger partial charge in [-0.25, -0.2) is 14.8 Å². The van der Waals surface area contributed by atoms with Gasteiger partial charge in [0, 0.05) is 18.9 Å². The maximum Gasteiger partial charge on any atom is 0.421 e. The minimum absolute atomic E-state index is 0.150. The van der Waals surface area contributed by atoms with Gasteiger partial charge in [0.15, 0.2) is 0 Å². The van der Waals surface area contributed by atoms with Crippen molar-refractivity contribution in [2.45, 2.75) is 6.18 Å². The summed E-state index contributed by atoms with van der Waals surface area (Å²) in [5.41, 5.74) is -0.544. The van der Waals surface area contributed by atoms with Crippen LogP contribution in [0.4, 0.5) is 23.7 Å². The number of carbonyl (C=O) groups excluding carboxylic acids is 1. The first kappa shape index (κ1) is 17.5. The van der Waals surface area contributed by atoms with Crippen molar-refractivity contribution in [3.8, 4) is 11.6 Å². The third-order valence-electron chi connectivity index (χ3n) is 2.96. The monoisotopic (exact) mass is 341 g/mol. The average molecular weight is 341 g/mol. The van der Waals surface area contributed by atoms with Gasteiger partial charge in [-0.1, -0.05) is 0 Å². The van der Waals surface area contributed by atoms with Crippen LogP contribution in [0.25, 0.3) is 0 Å². The van der Waals surface area contributed by atoms with Crippen molar-refractivity contribution in [3.63, 3.8) is 0 Å². The highest BCUT2D eigenvalue weighted by Crippen LogP contribution is 2.36. The quantitative estimate of drug-likeness (QED) is 0.856. The van der Waals surface area contributed by atoms with E-state index in [0.717, 1.165) is 11.1 Å². The highest BCUT2D eigenvalue weighted by Gasteiger charge is 2.35. The molecule has 0 aliphatic rings. The lowest BCUT2D eigenvalue weighted by Crippen LogP contribution is -2.30. The summed E-state index contributed by atoms with van der Waals surface area (Å²) >= 11 is 0. The Morgan fingerprint density at radius 2 is 1.88 bits per heavy atom. The molecule has 0 saturated heterocycles. The molecule has 0 fully saturated rings. The number of aromatic nitrogens is 1. The Morgan fingerprint density at radius 1 is 1.21 bits per heavy atom. The van der Waals surface area contributed by atoms with E-state index < -0.39 is 23.7 Å². The van der Waals surface area contributed by atoms with Crippen LogP contribution in [0.2, 0.25) is 0 Å². The molecule has 1 aromatic carbocycles. The van der Waals surface area contributed by atoms with Crippen LogP contribution < -0.4 is 10.1 Å². The van der Waals surface area contributed by atoms with Gasteiger partial charge in [-0.2, -0.15) is 13.2 Å². The van der Waals surface area contributed by atoms with Crippen LogP contribution in [-0.4, -0.2) is 30.2 Å². The van der Waals surface area contributed by atoms with Crippen molar-refractivity contribution in [3.05, 3.63) is 48.2 Å². The number of ether oxygens (including phenoxy) is 1. The Labute approximate surface area is 135 Å². The Balaban J connectivity index is 2.12. The number of rotatable bonds is 4. The van der Waals surface area contributed by atoms with Crippen LogP contribution >= 0.6 is 0 Å². The molecule has 0 spiro atoms. The van der Waals surface area contributed by atoms with Gasteiger partial charge in [0.05, 0.1) is 7.11 Å². The average Bonchev–Trinajstić information content (AvgIpc) is 2.55. The van der Waals surface area contributed by atoms with E-state index in [2.05, 4.69) is 10.3 Å². The van der Waals surface area contributed by atoms with E-state index >= 15 is 0 Å². The Hall–Kier alpha value is -2.81. The molecular weight excluding hydrogens is 327 g/mol. The summed E-state index contributed by atoms with van der Waals surface area (Å²) in [7, 11) is 2.76. The van der Waals surface area contributed by atoms with E-state index in [9.17, 15) is 18.0 Å². The fourth-order valence-electron chi connectivity index (χ4n) is 1.69. The largest absolute Gasteiger partial charge is 0.438 e. The first-order valence-corrected chi connectivity index (χ1v) is 6.70. The maximum absolute atomic E-state index is 12.9. The van der Waals surface area contributed by atoms with E-state index in [-0.39, 0.29) is 5.75 Å². The zero-order valence-corrected chi connectivity index (χ0v) is 12.8. The Bertz CT molecular complexity index is 705. The second-order valence-corrected chi connectivity index (χ2v) is 4.59. The molecule has 24 heavy (non-hydrogen) atoms. The predicted molar refractivity (Wildman–Crippen MR) is 79.5 cm³/mol. The molecule has 1 N–H and O–H groups in total. The lowest BCUT2D eigenvalue weighted by molar-refractivity contribution is -0.138. The number of hydrogen-bond acceptors (Lipinski definition) is 4. The van der Waals surface area contributed by atoms with Crippen LogP contribution in [0.3, 0.4) is 0 Å². The van der Waals surface area contributed by atoms with Crippen molar-refractivity contribution in [2.75, 3.05) is 19.5 Å². The fraction of sp³-hybridized carbons (Fsp3) is 0.200. The van der Waals surface area contributed by atoms with Crippen molar-refractivity contribution >= 4 is 11.7 Å². The van der Waals surface area contributed by atoms with Gasteiger partial charge in [-0.15, -0.1) is 0 Å². The van der Waals surface area contributed by atoms with Gasteiger partial charge in [-0.3, -0.25) is 4.84 Å². The van der Waals surface area contributed by atoms with Crippen LogP contribution in [0.5, 0.6) is 11.6 Å². The number of nitrogens with zero attached hydrogens (tertiary/aromatic N) is 2. The molecule has 2 rings (SSSR count). The summed E-state index contributed by atoms with van der Waals surface area (Å²) in [6, 6.07) is 7.35. The Kier molecular flexibility index (Phi) is 5.24. The molecule has 1 aromatic heterocycles. The van der Waals surface area contributed by atoms with E-state index in [1.807, 2.05) is 0 Å². The lowest BCUT2D eigenvalue weighted by atomic mass is 10.2. The zero-order chi connectivity index (χ0) is 17.7. The molecule has 0 radical (unpaired) electrons. The zero-order valence-electron chi connectivity index (χ0n) is 12.8. The topological polar surface area (TPSA) is 63.7 Å². The molecule has 0 bridgehead atoms. The number of hydrogen-bond donors (Lipinski definition) is 1. The number of nitrogens with one attached hydrogen (secondary N) is 1. The molecule has 128 valence electrons. The van der Waals surface area contributed by atoms with Crippen molar-refractivity contribution in [2.24, 2.45) is 0 Å². The first-order valence-electron chi connectivity index (χ1n) is 6.70. The maximum atomic E-state index is 12.9. The summed E-state index contributed by atoms with van der Waals surface area (Å²) in [4.78, 5) is 19.9. The van der Waals surface area contributed by atoms with E-state index in [4.69, 9.17) is 9.57 Å². The third-order valence-corrected chi connectivity index (χ3v) is 2.96. The fourth-order valence-corrected chi connectivity index (χ4v) is 1.69. The molecule has 2 aromatic rings. The molecule has 0 aliphatic carbocycles. The van der Waals surface area contributed by atoms with Crippen LogP contribution in [-0.2, 0) is 11.0 Å². The second-order valence-electron chi connectivity index (χ2n) is 4.59. The summed E-state index contributed by atoms with van der Waals surface area (Å²) in [5, 5.41) is 3.51.